The summed E-state index contributed by atoms with van der Waals surface area (Å²) < 4.78 is 39.9. The summed E-state index contributed by atoms with van der Waals surface area (Å²) in [7, 11) is 0. The number of alkyl halides is 3. The van der Waals surface area contributed by atoms with Crippen LogP contribution in [0.1, 0.15) is 18.4 Å². The summed E-state index contributed by atoms with van der Waals surface area (Å²) in [5.41, 5.74) is 0.829. The standard InChI is InChI=1S/C14H16F3NO3/c15-14(16,17)21-12-5-3-10(4-6-12)8-18-7-1-2-11(9-18)13(19)20/h3-6,11H,1-2,7-9H2,(H,19,20). The lowest BCUT2D eigenvalue weighted by Gasteiger charge is -2.30. The van der Waals surface area contributed by atoms with Crippen molar-refractivity contribution in [3.8, 4) is 5.75 Å². The average molecular weight is 303 g/mol. The molecule has 0 bridgehead atoms. The number of hydrogen-bond acceptors (Lipinski definition) is 3. The van der Waals surface area contributed by atoms with Crippen LogP contribution in [-0.2, 0) is 11.3 Å². The summed E-state index contributed by atoms with van der Waals surface area (Å²) in [6.45, 7) is 1.79. The number of aliphatic carboxylic acids is 1. The number of benzene rings is 1. The van der Waals surface area contributed by atoms with Gasteiger partial charge in [-0.3, -0.25) is 9.69 Å². The average Bonchev–Trinajstić information content (AvgIpc) is 2.40. The van der Waals surface area contributed by atoms with Gasteiger partial charge in [0.05, 0.1) is 5.92 Å². The third-order valence-electron chi connectivity index (χ3n) is 3.42. The van der Waals surface area contributed by atoms with E-state index in [2.05, 4.69) is 4.74 Å². The maximum absolute atomic E-state index is 12.0. The van der Waals surface area contributed by atoms with Gasteiger partial charge in [0.2, 0.25) is 0 Å². The van der Waals surface area contributed by atoms with Crippen molar-refractivity contribution in [3.63, 3.8) is 0 Å². The molecule has 1 unspecified atom stereocenters. The molecule has 1 aliphatic heterocycles. The zero-order valence-electron chi connectivity index (χ0n) is 11.3. The van der Waals surface area contributed by atoms with Crippen LogP contribution in [0, 0.1) is 5.92 Å². The predicted molar refractivity (Wildman–Crippen MR) is 68.8 cm³/mol. The molecular formula is C14H16F3NO3. The Balaban J connectivity index is 1.92. The molecule has 1 saturated heterocycles. The van der Waals surface area contributed by atoms with Gasteiger partial charge in [0, 0.05) is 13.1 Å². The number of ether oxygens (including phenoxy) is 1. The highest BCUT2D eigenvalue weighted by Gasteiger charge is 2.31. The quantitative estimate of drug-likeness (QED) is 0.929. The van der Waals surface area contributed by atoms with Gasteiger partial charge in [-0.2, -0.15) is 0 Å². The second kappa shape index (κ2) is 6.34. The molecule has 0 radical (unpaired) electrons. The van der Waals surface area contributed by atoms with E-state index in [1.54, 1.807) is 12.1 Å². The molecule has 0 spiro atoms. The SMILES string of the molecule is O=C(O)C1CCCN(Cc2ccc(OC(F)(F)F)cc2)C1. The summed E-state index contributed by atoms with van der Waals surface area (Å²) in [6, 6.07) is 5.65. The number of piperidine rings is 1. The fourth-order valence-corrected chi connectivity index (χ4v) is 2.46. The monoisotopic (exact) mass is 303 g/mol. The minimum atomic E-state index is -4.69. The topological polar surface area (TPSA) is 49.8 Å². The van der Waals surface area contributed by atoms with Crippen molar-refractivity contribution in [2.24, 2.45) is 5.92 Å². The van der Waals surface area contributed by atoms with Gasteiger partial charge in [-0.05, 0) is 37.1 Å². The first kappa shape index (κ1) is 15.6. The van der Waals surface area contributed by atoms with E-state index < -0.39 is 12.3 Å². The Kier molecular flexibility index (Phi) is 4.72. The Bertz CT molecular complexity index is 487. The molecule has 1 aliphatic rings. The van der Waals surface area contributed by atoms with Gasteiger partial charge in [-0.25, -0.2) is 0 Å². The van der Waals surface area contributed by atoms with Crippen molar-refractivity contribution < 1.29 is 27.8 Å². The molecule has 0 aliphatic carbocycles. The van der Waals surface area contributed by atoms with E-state index in [9.17, 15) is 18.0 Å². The third kappa shape index (κ3) is 4.93. The van der Waals surface area contributed by atoms with Crippen LogP contribution in [0.3, 0.4) is 0 Å². The zero-order chi connectivity index (χ0) is 15.5. The number of carboxylic acids is 1. The number of nitrogens with zero attached hydrogens (tertiary/aromatic N) is 1. The Morgan fingerprint density at radius 3 is 2.57 bits per heavy atom. The van der Waals surface area contributed by atoms with E-state index in [0.29, 0.717) is 19.5 Å². The van der Waals surface area contributed by atoms with Crippen LogP contribution in [0.15, 0.2) is 24.3 Å². The first-order chi connectivity index (χ1) is 9.83. The van der Waals surface area contributed by atoms with Crippen LogP contribution in [0.5, 0.6) is 5.75 Å². The molecular weight excluding hydrogens is 287 g/mol. The van der Waals surface area contributed by atoms with E-state index in [-0.39, 0.29) is 11.7 Å². The van der Waals surface area contributed by atoms with Crippen LogP contribution in [0.25, 0.3) is 0 Å². The summed E-state index contributed by atoms with van der Waals surface area (Å²) in [6.07, 6.45) is -3.21. The molecule has 0 saturated carbocycles. The van der Waals surface area contributed by atoms with Crippen LogP contribution in [0.2, 0.25) is 0 Å². The zero-order valence-corrected chi connectivity index (χ0v) is 11.3. The summed E-state index contributed by atoms with van der Waals surface area (Å²) >= 11 is 0. The van der Waals surface area contributed by atoms with E-state index in [4.69, 9.17) is 5.11 Å². The lowest BCUT2D eigenvalue weighted by molar-refractivity contribution is -0.274. The number of halogens is 3. The molecule has 1 aromatic carbocycles. The fourth-order valence-electron chi connectivity index (χ4n) is 2.46. The predicted octanol–water partition coefficient (Wildman–Crippen LogP) is 2.88. The molecule has 21 heavy (non-hydrogen) atoms. The molecule has 4 nitrogen and oxygen atoms in total. The Labute approximate surface area is 120 Å². The molecule has 2 rings (SSSR count). The first-order valence-corrected chi connectivity index (χ1v) is 6.63. The minimum absolute atomic E-state index is 0.256. The number of likely N-dealkylation sites (tertiary alicyclic amines) is 1. The molecule has 1 N–H and O–H groups in total. The molecule has 116 valence electrons. The molecule has 0 amide bonds. The molecule has 1 aromatic rings. The summed E-state index contributed by atoms with van der Waals surface area (Å²) in [4.78, 5) is 13.0. The maximum Gasteiger partial charge on any atom is 0.573 e. The van der Waals surface area contributed by atoms with Crippen molar-refractivity contribution in [1.82, 2.24) is 4.90 Å². The second-order valence-corrected chi connectivity index (χ2v) is 5.10. The van der Waals surface area contributed by atoms with E-state index in [1.807, 2.05) is 4.90 Å². The van der Waals surface area contributed by atoms with Crippen molar-refractivity contribution in [3.05, 3.63) is 29.8 Å². The van der Waals surface area contributed by atoms with E-state index in [1.165, 1.54) is 12.1 Å². The Morgan fingerprint density at radius 2 is 2.00 bits per heavy atom. The van der Waals surface area contributed by atoms with Gasteiger partial charge < -0.3 is 9.84 Å². The van der Waals surface area contributed by atoms with Crippen LogP contribution in [0.4, 0.5) is 13.2 Å². The fraction of sp³-hybridized carbons (Fsp3) is 0.500. The van der Waals surface area contributed by atoms with Crippen LogP contribution >= 0.6 is 0 Å². The number of rotatable bonds is 4. The summed E-state index contributed by atoms with van der Waals surface area (Å²) in [5.74, 6) is -1.42. The molecule has 0 aromatic heterocycles. The number of carboxylic acid groups (broad SMARTS) is 1. The van der Waals surface area contributed by atoms with Gasteiger partial charge in [-0.1, -0.05) is 12.1 Å². The van der Waals surface area contributed by atoms with Gasteiger partial charge in [0.1, 0.15) is 5.75 Å². The lowest BCUT2D eigenvalue weighted by Crippen LogP contribution is -2.38. The van der Waals surface area contributed by atoms with Crippen molar-refractivity contribution in [2.75, 3.05) is 13.1 Å². The number of carbonyl (C=O) groups is 1. The normalized spacial score (nSPS) is 20.2. The third-order valence-corrected chi connectivity index (χ3v) is 3.42. The molecule has 7 heteroatoms. The van der Waals surface area contributed by atoms with Gasteiger partial charge in [0.15, 0.2) is 0 Å². The Hall–Kier alpha value is -1.76. The van der Waals surface area contributed by atoms with Crippen molar-refractivity contribution in [2.45, 2.75) is 25.7 Å². The Morgan fingerprint density at radius 1 is 1.33 bits per heavy atom. The number of hydrogen-bond donors (Lipinski definition) is 1. The second-order valence-electron chi connectivity index (χ2n) is 5.10. The van der Waals surface area contributed by atoms with Crippen molar-refractivity contribution >= 4 is 5.97 Å². The highest BCUT2D eigenvalue weighted by molar-refractivity contribution is 5.70. The van der Waals surface area contributed by atoms with Crippen LogP contribution in [-0.4, -0.2) is 35.4 Å². The lowest BCUT2D eigenvalue weighted by atomic mass is 9.98. The molecule has 1 heterocycles. The first-order valence-electron chi connectivity index (χ1n) is 6.63. The highest BCUT2D eigenvalue weighted by Crippen LogP contribution is 2.24. The minimum Gasteiger partial charge on any atom is -0.481 e. The highest BCUT2D eigenvalue weighted by atomic mass is 19.4. The largest absolute Gasteiger partial charge is 0.573 e. The maximum atomic E-state index is 12.0. The molecule has 1 atom stereocenters. The van der Waals surface area contributed by atoms with Crippen molar-refractivity contribution in [1.29, 1.82) is 0 Å². The summed E-state index contributed by atoms with van der Waals surface area (Å²) in [5, 5.41) is 9.02. The smallest absolute Gasteiger partial charge is 0.481 e. The van der Waals surface area contributed by atoms with E-state index in [0.717, 1.165) is 18.5 Å². The van der Waals surface area contributed by atoms with E-state index >= 15 is 0 Å². The molecule has 1 fully saturated rings. The van der Waals surface area contributed by atoms with Gasteiger partial charge in [0.25, 0.3) is 0 Å². The van der Waals surface area contributed by atoms with Gasteiger partial charge in [-0.15, -0.1) is 13.2 Å². The van der Waals surface area contributed by atoms with Crippen LogP contribution < -0.4 is 4.74 Å². The van der Waals surface area contributed by atoms with Gasteiger partial charge >= 0.3 is 12.3 Å².